The van der Waals surface area contributed by atoms with Crippen LogP contribution in [-0.2, 0) is 0 Å². The van der Waals surface area contributed by atoms with Crippen molar-refractivity contribution in [2.24, 2.45) is 0 Å². The van der Waals surface area contributed by atoms with Gasteiger partial charge >= 0.3 is 0 Å². The van der Waals surface area contributed by atoms with Crippen LogP contribution in [0.5, 0.6) is 0 Å². The first kappa shape index (κ1) is 14.5. The van der Waals surface area contributed by atoms with Crippen molar-refractivity contribution in [1.29, 1.82) is 15.8 Å². The van der Waals surface area contributed by atoms with E-state index in [1.807, 2.05) is 0 Å². The Morgan fingerprint density at radius 2 is 1.64 bits per heavy atom. The largest absolute Gasteiger partial charge is 0.345 e. The summed E-state index contributed by atoms with van der Waals surface area (Å²) in [6.45, 7) is 0. The van der Waals surface area contributed by atoms with Gasteiger partial charge in [0.25, 0.3) is 5.69 Å². The molecule has 0 bridgehead atoms. The first-order valence-corrected chi connectivity index (χ1v) is 6.00. The predicted molar refractivity (Wildman–Crippen MR) is 78.1 cm³/mol. The highest BCUT2D eigenvalue weighted by atomic mass is 16.6. The SMILES string of the molecule is N#CC(C#N)=C(C#N)Nc1ccc([N+](=O)[O-])c2ccccc12. The van der Waals surface area contributed by atoms with E-state index in [9.17, 15) is 10.1 Å². The first-order valence-electron chi connectivity index (χ1n) is 6.00. The Morgan fingerprint density at radius 3 is 2.18 bits per heavy atom. The van der Waals surface area contributed by atoms with Crippen LogP contribution in [0.1, 0.15) is 0 Å². The number of fused-ring (bicyclic) bond motifs is 1. The quantitative estimate of drug-likeness (QED) is 0.525. The number of hydrogen-bond donors (Lipinski definition) is 1. The molecule has 0 unspecified atom stereocenters. The Balaban J connectivity index is 2.65. The van der Waals surface area contributed by atoms with Crippen molar-refractivity contribution in [3.63, 3.8) is 0 Å². The van der Waals surface area contributed by atoms with Crippen molar-refractivity contribution in [3.8, 4) is 18.2 Å². The number of anilines is 1. The fourth-order valence-electron chi connectivity index (χ4n) is 1.97. The molecule has 22 heavy (non-hydrogen) atoms. The van der Waals surface area contributed by atoms with Gasteiger partial charge in [-0.3, -0.25) is 10.1 Å². The van der Waals surface area contributed by atoms with Crippen molar-refractivity contribution >= 4 is 22.1 Å². The third-order valence-electron chi connectivity index (χ3n) is 2.94. The van der Waals surface area contributed by atoms with E-state index < -0.39 is 4.92 Å². The Kier molecular flexibility index (Phi) is 3.99. The number of rotatable bonds is 3. The van der Waals surface area contributed by atoms with Crippen LogP contribution in [0.2, 0.25) is 0 Å². The molecule has 104 valence electrons. The second-order valence-electron chi connectivity index (χ2n) is 4.15. The number of nitrogens with zero attached hydrogens (tertiary/aromatic N) is 4. The molecule has 7 heteroatoms. The number of non-ortho nitro benzene ring substituents is 1. The van der Waals surface area contributed by atoms with E-state index in [2.05, 4.69) is 5.32 Å². The molecule has 0 saturated carbocycles. The molecule has 0 aliphatic carbocycles. The van der Waals surface area contributed by atoms with Crippen LogP contribution < -0.4 is 5.32 Å². The monoisotopic (exact) mass is 289 g/mol. The van der Waals surface area contributed by atoms with Crippen molar-refractivity contribution in [2.45, 2.75) is 0 Å². The van der Waals surface area contributed by atoms with Gasteiger partial charge in [-0.05, 0) is 12.1 Å². The average Bonchev–Trinajstić information content (AvgIpc) is 2.54. The highest BCUT2D eigenvalue weighted by molar-refractivity contribution is 6.00. The van der Waals surface area contributed by atoms with Crippen LogP contribution in [0.15, 0.2) is 47.7 Å². The lowest BCUT2D eigenvalue weighted by Gasteiger charge is -2.09. The van der Waals surface area contributed by atoms with Gasteiger partial charge in [0.05, 0.1) is 10.3 Å². The summed E-state index contributed by atoms with van der Waals surface area (Å²) in [4.78, 5) is 10.5. The number of nitro benzene ring substituents is 1. The van der Waals surface area contributed by atoms with Crippen molar-refractivity contribution < 1.29 is 4.92 Å². The summed E-state index contributed by atoms with van der Waals surface area (Å²) in [6, 6.07) is 14.3. The van der Waals surface area contributed by atoms with Crippen molar-refractivity contribution in [1.82, 2.24) is 0 Å². The smallest absolute Gasteiger partial charge is 0.277 e. The number of nitrogens with one attached hydrogen (secondary N) is 1. The number of benzene rings is 2. The molecule has 0 amide bonds. The molecule has 0 saturated heterocycles. The van der Waals surface area contributed by atoms with Gasteiger partial charge in [0, 0.05) is 17.1 Å². The molecule has 0 radical (unpaired) electrons. The van der Waals surface area contributed by atoms with Gasteiger partial charge in [0.15, 0.2) is 5.57 Å². The molecule has 0 atom stereocenters. The molecule has 0 spiro atoms. The Hall–Kier alpha value is -3.89. The zero-order valence-corrected chi connectivity index (χ0v) is 11.1. The molecule has 0 aliphatic heterocycles. The molecule has 0 fully saturated rings. The molecule has 2 rings (SSSR count). The molecule has 0 aromatic heterocycles. The standard InChI is InChI=1S/C15H7N5O2/c16-7-10(8-17)14(9-18)19-13-5-6-15(20(21)22)12-4-2-1-3-11(12)13/h1-6,19H. The fraction of sp³-hybridized carbons (Fsp3) is 0. The van der Waals surface area contributed by atoms with Gasteiger partial charge in [-0.25, -0.2) is 0 Å². The third-order valence-corrected chi connectivity index (χ3v) is 2.94. The van der Waals surface area contributed by atoms with E-state index in [0.29, 0.717) is 16.5 Å². The maximum absolute atomic E-state index is 11.0. The molecular formula is C15H7N5O2. The zero-order chi connectivity index (χ0) is 16.1. The normalized spacial score (nSPS) is 9.14. The first-order chi connectivity index (χ1) is 10.6. The summed E-state index contributed by atoms with van der Waals surface area (Å²) < 4.78 is 0. The minimum absolute atomic E-state index is 0.0653. The molecule has 0 heterocycles. The van der Waals surface area contributed by atoms with Gasteiger partial charge < -0.3 is 5.32 Å². The molecular weight excluding hydrogens is 282 g/mol. The highest BCUT2D eigenvalue weighted by Crippen LogP contribution is 2.32. The van der Waals surface area contributed by atoms with Crippen molar-refractivity contribution in [3.05, 3.63) is 57.8 Å². The maximum atomic E-state index is 11.0. The third kappa shape index (κ3) is 2.53. The molecule has 0 aliphatic rings. The maximum Gasteiger partial charge on any atom is 0.277 e. The van der Waals surface area contributed by atoms with Crippen molar-refractivity contribution in [2.75, 3.05) is 5.32 Å². The highest BCUT2D eigenvalue weighted by Gasteiger charge is 2.15. The second kappa shape index (κ2) is 6.04. The van der Waals surface area contributed by atoms with E-state index in [4.69, 9.17) is 15.8 Å². The molecule has 2 aromatic carbocycles. The van der Waals surface area contributed by atoms with Crippen LogP contribution in [0.25, 0.3) is 10.8 Å². The van der Waals surface area contributed by atoms with E-state index in [-0.39, 0.29) is 17.0 Å². The zero-order valence-electron chi connectivity index (χ0n) is 11.1. The summed E-state index contributed by atoms with van der Waals surface area (Å²) in [5.41, 5.74) is -0.223. The van der Waals surface area contributed by atoms with Crippen LogP contribution in [0, 0.1) is 44.1 Å². The second-order valence-corrected chi connectivity index (χ2v) is 4.15. The predicted octanol–water partition coefficient (Wildman–Crippen LogP) is 2.98. The lowest BCUT2D eigenvalue weighted by Crippen LogP contribution is -2.02. The number of hydrogen-bond acceptors (Lipinski definition) is 6. The van der Waals surface area contributed by atoms with E-state index in [0.717, 1.165) is 0 Å². The number of allylic oxidation sites excluding steroid dienone is 2. The van der Waals surface area contributed by atoms with Crippen LogP contribution in [0.3, 0.4) is 0 Å². The Bertz CT molecular complexity index is 910. The van der Waals surface area contributed by atoms with Crippen LogP contribution >= 0.6 is 0 Å². The molecule has 7 nitrogen and oxygen atoms in total. The van der Waals surface area contributed by atoms with Gasteiger partial charge in [-0.15, -0.1) is 0 Å². The molecule has 1 N–H and O–H groups in total. The van der Waals surface area contributed by atoms with E-state index in [1.54, 1.807) is 42.5 Å². The lowest BCUT2D eigenvalue weighted by molar-refractivity contribution is -0.383. The van der Waals surface area contributed by atoms with Gasteiger partial charge in [-0.1, -0.05) is 18.2 Å². The van der Waals surface area contributed by atoms with Gasteiger partial charge in [0.2, 0.25) is 0 Å². The molecule has 2 aromatic rings. The summed E-state index contributed by atoms with van der Waals surface area (Å²) in [6.07, 6.45) is 0. The number of nitriles is 3. The minimum atomic E-state index is -0.497. The van der Waals surface area contributed by atoms with Gasteiger partial charge in [-0.2, -0.15) is 15.8 Å². The van der Waals surface area contributed by atoms with Gasteiger partial charge in [0.1, 0.15) is 23.9 Å². The summed E-state index contributed by atoms with van der Waals surface area (Å²) in [5.74, 6) is 0. The topological polar surface area (TPSA) is 127 Å². The van der Waals surface area contributed by atoms with E-state index >= 15 is 0 Å². The minimum Gasteiger partial charge on any atom is -0.345 e. The fourth-order valence-corrected chi connectivity index (χ4v) is 1.97. The summed E-state index contributed by atoms with van der Waals surface area (Å²) in [7, 11) is 0. The van der Waals surface area contributed by atoms with Crippen LogP contribution in [0.4, 0.5) is 11.4 Å². The number of nitro groups is 1. The Morgan fingerprint density at radius 1 is 1.00 bits per heavy atom. The average molecular weight is 289 g/mol. The van der Waals surface area contributed by atoms with E-state index in [1.165, 1.54) is 12.1 Å². The lowest BCUT2D eigenvalue weighted by atomic mass is 10.1. The Labute approximate surface area is 125 Å². The summed E-state index contributed by atoms with van der Waals surface area (Å²) >= 11 is 0. The van der Waals surface area contributed by atoms with Crippen LogP contribution in [-0.4, -0.2) is 4.92 Å². The summed E-state index contributed by atoms with van der Waals surface area (Å²) in [5, 5.41) is 41.3.